The first-order valence-corrected chi connectivity index (χ1v) is 14.8. The zero-order chi connectivity index (χ0) is 33.1. The number of carbonyl (C=O) groups excluding carboxylic acids is 1. The Bertz CT molecular complexity index is 1770. The number of carboxylic acid groups (broad SMARTS) is 1. The van der Waals surface area contributed by atoms with Crippen LogP contribution in [0.4, 0.5) is 5.69 Å². The van der Waals surface area contributed by atoms with Gasteiger partial charge in [0.15, 0.2) is 0 Å². The van der Waals surface area contributed by atoms with E-state index in [0.717, 1.165) is 22.0 Å². The average Bonchev–Trinajstić information content (AvgIpc) is 3.04. The minimum absolute atomic E-state index is 0.0723. The van der Waals surface area contributed by atoms with Gasteiger partial charge in [-0.3, -0.25) is 4.79 Å². The van der Waals surface area contributed by atoms with Crippen LogP contribution in [-0.4, -0.2) is 97.9 Å². The number of nitrogens with one attached hydrogen (secondary N) is 1. The van der Waals surface area contributed by atoms with Gasteiger partial charge < -0.3 is 34.0 Å². The van der Waals surface area contributed by atoms with Crippen LogP contribution in [-0.2, 0) is 14.2 Å². The molecule has 1 aliphatic heterocycles. The van der Waals surface area contributed by atoms with Crippen molar-refractivity contribution in [3.05, 3.63) is 81.5 Å². The fourth-order valence-electron chi connectivity index (χ4n) is 4.82. The van der Waals surface area contributed by atoms with Gasteiger partial charge in [-0.05, 0) is 47.5 Å². The molecule has 2 N–H and O–H groups in total. The standard InChI is InChI=1S/C33H38N6O7/c1-38(2)23-6-9-26-29(20-23)46-30-21-24(39(3)4)7-10-27(30)31(26)28-19-22(5-8-25(28)33(41)42)32(40)35-11-13-43-15-17-45-18-16-44-14-12-36-37-34/h5-10,19-21H,11-18H2,1-4H3,(H-,35,40,41,42)/p+1. The summed E-state index contributed by atoms with van der Waals surface area (Å²) in [6.07, 6.45) is 0. The molecule has 13 nitrogen and oxygen atoms in total. The topological polar surface area (TPSA) is 162 Å². The lowest BCUT2D eigenvalue weighted by molar-refractivity contribution is 0.0166. The van der Waals surface area contributed by atoms with Gasteiger partial charge in [0.25, 0.3) is 5.91 Å². The number of hydrogen-bond donors (Lipinski definition) is 2. The van der Waals surface area contributed by atoms with Crippen molar-refractivity contribution < 1.29 is 33.3 Å². The van der Waals surface area contributed by atoms with Crippen LogP contribution >= 0.6 is 0 Å². The number of anilines is 1. The largest absolute Gasteiger partial charge is 0.478 e. The molecular weight excluding hydrogens is 592 g/mol. The molecule has 1 aliphatic carbocycles. The monoisotopic (exact) mass is 631 g/mol. The maximum Gasteiger partial charge on any atom is 0.336 e. The number of rotatable bonds is 16. The second-order valence-corrected chi connectivity index (χ2v) is 10.7. The maximum atomic E-state index is 13.2. The van der Waals surface area contributed by atoms with Crippen LogP contribution in [0.15, 0.2) is 64.1 Å². The number of fused-ring (bicyclic) bond motifs is 2. The second-order valence-electron chi connectivity index (χ2n) is 10.7. The van der Waals surface area contributed by atoms with Gasteiger partial charge in [-0.15, -0.1) is 0 Å². The van der Waals surface area contributed by atoms with Crippen molar-refractivity contribution in [2.45, 2.75) is 0 Å². The number of azide groups is 1. The summed E-state index contributed by atoms with van der Waals surface area (Å²) in [5.74, 6) is -0.862. The number of nitrogens with zero attached hydrogens (tertiary/aromatic N) is 5. The summed E-state index contributed by atoms with van der Waals surface area (Å²) in [6.45, 7) is 2.64. The Morgan fingerprint density at radius 2 is 1.65 bits per heavy atom. The van der Waals surface area contributed by atoms with Gasteiger partial charge in [-0.25, -0.2) is 9.37 Å². The molecule has 0 unspecified atom stereocenters. The van der Waals surface area contributed by atoms with E-state index >= 15 is 0 Å². The summed E-state index contributed by atoms with van der Waals surface area (Å²) in [6, 6.07) is 16.2. The molecule has 4 rings (SSSR count). The van der Waals surface area contributed by atoms with Crippen molar-refractivity contribution in [1.82, 2.24) is 9.89 Å². The summed E-state index contributed by atoms with van der Waals surface area (Å²) in [7, 11) is 7.75. The van der Waals surface area contributed by atoms with Gasteiger partial charge >= 0.3 is 5.97 Å². The third-order valence-corrected chi connectivity index (χ3v) is 7.18. The van der Waals surface area contributed by atoms with E-state index in [1.54, 1.807) is 6.07 Å². The Balaban J connectivity index is 1.52. The number of carbonyl (C=O) groups is 2. The Hall–Kier alpha value is -4.94. The molecule has 1 heterocycles. The fourth-order valence-corrected chi connectivity index (χ4v) is 4.82. The van der Waals surface area contributed by atoms with E-state index < -0.39 is 5.97 Å². The van der Waals surface area contributed by atoms with Gasteiger partial charge in [0.05, 0.1) is 51.3 Å². The summed E-state index contributed by atoms with van der Waals surface area (Å²) in [4.78, 5) is 30.2. The molecule has 0 atom stereocenters. The predicted octanol–water partition coefficient (Wildman–Crippen LogP) is 4.09. The molecule has 0 radical (unpaired) electrons. The molecule has 0 saturated carbocycles. The molecule has 0 saturated heterocycles. The van der Waals surface area contributed by atoms with Crippen LogP contribution in [0.5, 0.6) is 0 Å². The van der Waals surface area contributed by atoms with E-state index in [1.165, 1.54) is 12.1 Å². The Morgan fingerprint density at radius 1 is 0.935 bits per heavy atom. The predicted molar refractivity (Wildman–Crippen MR) is 175 cm³/mol. The molecule has 2 aliphatic rings. The summed E-state index contributed by atoms with van der Waals surface area (Å²) >= 11 is 0. The molecule has 0 spiro atoms. The molecule has 13 heteroatoms. The molecule has 0 aromatic heterocycles. The number of benzene rings is 3. The first-order valence-electron chi connectivity index (χ1n) is 14.8. The minimum atomic E-state index is -1.10. The lowest BCUT2D eigenvalue weighted by Crippen LogP contribution is -2.27. The molecule has 242 valence electrons. The smallest absolute Gasteiger partial charge is 0.336 e. The van der Waals surface area contributed by atoms with Crippen molar-refractivity contribution in [3.8, 4) is 22.5 Å². The van der Waals surface area contributed by atoms with Gasteiger partial charge in [0.1, 0.15) is 25.4 Å². The van der Waals surface area contributed by atoms with E-state index in [1.807, 2.05) is 74.1 Å². The number of hydrogen-bond acceptors (Lipinski definition) is 8. The molecule has 46 heavy (non-hydrogen) atoms. The normalized spacial score (nSPS) is 11.0. The lowest BCUT2D eigenvalue weighted by atomic mass is 9.89. The van der Waals surface area contributed by atoms with E-state index in [0.29, 0.717) is 61.1 Å². The van der Waals surface area contributed by atoms with Gasteiger partial charge in [-0.2, -0.15) is 0 Å². The first kappa shape index (κ1) is 33.9. The molecule has 2 aromatic rings. The van der Waals surface area contributed by atoms with E-state index in [4.69, 9.17) is 24.2 Å². The first-order chi connectivity index (χ1) is 22.2. The van der Waals surface area contributed by atoms with Crippen molar-refractivity contribution in [2.75, 3.05) is 85.8 Å². The number of aromatic carboxylic acids is 1. The third-order valence-electron chi connectivity index (χ3n) is 7.18. The SMILES string of the molecule is CN(C)c1ccc2c(-c3cc(C(=O)NCCOCCOCCOCCN=[N+]=[N-])ccc3C(=O)O)c3ccc(=[N+](C)C)cc-3oc2c1. The number of carboxylic acids is 1. The van der Waals surface area contributed by atoms with Crippen LogP contribution < -0.4 is 20.1 Å². The fraction of sp³-hybridized carbons (Fsp3) is 0.364. The van der Waals surface area contributed by atoms with Crippen molar-refractivity contribution in [1.29, 1.82) is 0 Å². The highest BCUT2D eigenvalue weighted by atomic mass is 16.5. The highest BCUT2D eigenvalue weighted by Crippen LogP contribution is 2.42. The maximum absolute atomic E-state index is 13.2. The van der Waals surface area contributed by atoms with Crippen molar-refractivity contribution in [2.24, 2.45) is 5.11 Å². The Morgan fingerprint density at radius 3 is 2.33 bits per heavy atom. The van der Waals surface area contributed by atoms with E-state index in [9.17, 15) is 14.7 Å². The zero-order valence-corrected chi connectivity index (χ0v) is 26.5. The highest BCUT2D eigenvalue weighted by Gasteiger charge is 2.23. The summed E-state index contributed by atoms with van der Waals surface area (Å²) in [5.41, 5.74) is 11.9. The minimum Gasteiger partial charge on any atom is -0.478 e. The quantitative estimate of drug-likeness (QED) is 0.0467. The zero-order valence-electron chi connectivity index (χ0n) is 26.5. The molecule has 2 aromatic carbocycles. The van der Waals surface area contributed by atoms with Crippen molar-refractivity contribution in [3.63, 3.8) is 0 Å². The second kappa shape index (κ2) is 16.4. The molecule has 0 bridgehead atoms. The van der Waals surface area contributed by atoms with E-state index in [-0.39, 0.29) is 31.2 Å². The van der Waals surface area contributed by atoms with Crippen LogP contribution in [0.1, 0.15) is 20.7 Å². The van der Waals surface area contributed by atoms with Gasteiger partial charge in [-0.1, -0.05) is 5.11 Å². The Labute approximate surface area is 266 Å². The Kier molecular flexibility index (Phi) is 12.1. The molecular formula is C33H39N6O7+. The number of amides is 1. The van der Waals surface area contributed by atoms with Crippen LogP contribution in [0.3, 0.4) is 0 Å². The van der Waals surface area contributed by atoms with Gasteiger partial charge in [0, 0.05) is 72.0 Å². The number of ether oxygens (including phenoxy) is 3. The van der Waals surface area contributed by atoms with E-state index in [2.05, 4.69) is 15.3 Å². The van der Waals surface area contributed by atoms with Crippen molar-refractivity contribution >= 4 is 28.5 Å². The van der Waals surface area contributed by atoms with Crippen LogP contribution in [0, 0.1) is 0 Å². The average molecular weight is 632 g/mol. The lowest BCUT2D eigenvalue weighted by Gasteiger charge is -2.19. The molecule has 0 fully saturated rings. The van der Waals surface area contributed by atoms with Gasteiger partial charge in [0.2, 0.25) is 5.36 Å². The van der Waals surface area contributed by atoms with Crippen LogP contribution in [0.25, 0.3) is 43.9 Å². The summed E-state index contributed by atoms with van der Waals surface area (Å²) < 4.78 is 24.6. The highest BCUT2D eigenvalue weighted by molar-refractivity contribution is 6.09. The van der Waals surface area contributed by atoms with Crippen LogP contribution in [0.2, 0.25) is 0 Å². The summed E-state index contributed by atoms with van der Waals surface area (Å²) in [5, 5.41) is 18.1. The molecule has 1 amide bonds. The third kappa shape index (κ3) is 8.61.